The van der Waals surface area contributed by atoms with Gasteiger partial charge in [-0.05, 0) is 12.1 Å². The molecule has 1 aromatic heterocycles. The first kappa shape index (κ1) is 15.9. The summed E-state index contributed by atoms with van der Waals surface area (Å²) in [5, 5.41) is 15.0. The Balaban J connectivity index is 1.86. The Kier molecular flexibility index (Phi) is 4.26. The lowest BCUT2D eigenvalue weighted by Gasteiger charge is -2.12. The summed E-state index contributed by atoms with van der Waals surface area (Å²) in [4.78, 5) is 0. The molecule has 1 heterocycles. The number of aromatic nitrogens is 2. The summed E-state index contributed by atoms with van der Waals surface area (Å²) in [6, 6.07) is 23.5. The van der Waals surface area contributed by atoms with Crippen molar-refractivity contribution in [3.8, 4) is 11.3 Å². The van der Waals surface area contributed by atoms with Gasteiger partial charge in [-0.15, -0.1) is 10.2 Å². The van der Waals surface area contributed by atoms with Crippen LogP contribution >= 0.6 is 23.2 Å². The average Bonchev–Trinajstić information content (AvgIpc) is 2.66. The molecule has 0 aliphatic carbocycles. The van der Waals surface area contributed by atoms with E-state index < -0.39 is 0 Å². The normalized spacial score (nSPS) is 10.8. The van der Waals surface area contributed by atoms with Gasteiger partial charge < -0.3 is 5.32 Å². The number of benzene rings is 3. The molecule has 0 saturated carbocycles. The van der Waals surface area contributed by atoms with Crippen molar-refractivity contribution in [2.75, 3.05) is 5.32 Å². The third-order valence-electron chi connectivity index (χ3n) is 3.94. The SMILES string of the molecule is Clc1cccc(Nc2nnc(-c3ccccc3)c3ccccc23)c1Cl. The van der Waals surface area contributed by atoms with Gasteiger partial charge in [0, 0.05) is 16.3 Å². The van der Waals surface area contributed by atoms with Crippen LogP contribution in [0.5, 0.6) is 0 Å². The lowest BCUT2D eigenvalue weighted by Crippen LogP contribution is -1.99. The van der Waals surface area contributed by atoms with Gasteiger partial charge in [0.05, 0.1) is 15.7 Å². The van der Waals surface area contributed by atoms with E-state index >= 15 is 0 Å². The monoisotopic (exact) mass is 365 g/mol. The fourth-order valence-electron chi connectivity index (χ4n) is 2.73. The largest absolute Gasteiger partial charge is 0.337 e. The van der Waals surface area contributed by atoms with Crippen LogP contribution in [0.4, 0.5) is 11.5 Å². The number of fused-ring (bicyclic) bond motifs is 1. The second kappa shape index (κ2) is 6.71. The molecular formula is C20H13Cl2N3. The van der Waals surface area contributed by atoms with E-state index in [2.05, 4.69) is 15.5 Å². The molecule has 0 fully saturated rings. The van der Waals surface area contributed by atoms with Crippen molar-refractivity contribution in [3.05, 3.63) is 82.8 Å². The minimum atomic E-state index is 0.460. The molecule has 0 bridgehead atoms. The van der Waals surface area contributed by atoms with E-state index in [-0.39, 0.29) is 0 Å². The van der Waals surface area contributed by atoms with Gasteiger partial charge in [0.25, 0.3) is 0 Å². The first-order chi connectivity index (χ1) is 12.2. The number of rotatable bonds is 3. The summed E-state index contributed by atoms with van der Waals surface area (Å²) >= 11 is 12.4. The average molecular weight is 366 g/mol. The van der Waals surface area contributed by atoms with Crippen molar-refractivity contribution in [2.24, 2.45) is 0 Å². The van der Waals surface area contributed by atoms with E-state index in [4.69, 9.17) is 23.2 Å². The highest BCUT2D eigenvalue weighted by Gasteiger charge is 2.12. The first-order valence-electron chi connectivity index (χ1n) is 7.76. The van der Waals surface area contributed by atoms with Gasteiger partial charge in [-0.2, -0.15) is 0 Å². The van der Waals surface area contributed by atoms with Gasteiger partial charge >= 0.3 is 0 Å². The standard InChI is InChI=1S/C20H13Cl2N3/c21-16-11-6-12-17(18(16)22)23-20-15-10-5-4-9-14(15)19(24-25-20)13-7-2-1-3-8-13/h1-12H,(H,23,25). The Morgan fingerprint density at radius 2 is 1.40 bits per heavy atom. The van der Waals surface area contributed by atoms with Crippen molar-refractivity contribution >= 4 is 45.5 Å². The maximum absolute atomic E-state index is 6.28. The molecule has 3 nitrogen and oxygen atoms in total. The fourth-order valence-corrected chi connectivity index (χ4v) is 3.08. The van der Waals surface area contributed by atoms with Crippen LogP contribution in [0, 0.1) is 0 Å². The number of nitrogens with one attached hydrogen (secondary N) is 1. The highest BCUT2D eigenvalue weighted by Crippen LogP contribution is 2.34. The summed E-state index contributed by atoms with van der Waals surface area (Å²) in [7, 11) is 0. The van der Waals surface area contributed by atoms with E-state index in [0.29, 0.717) is 21.6 Å². The molecule has 25 heavy (non-hydrogen) atoms. The van der Waals surface area contributed by atoms with Crippen LogP contribution in [0.25, 0.3) is 22.0 Å². The van der Waals surface area contributed by atoms with E-state index in [9.17, 15) is 0 Å². The molecule has 0 aliphatic rings. The molecule has 0 unspecified atom stereocenters. The summed E-state index contributed by atoms with van der Waals surface area (Å²) in [6.07, 6.45) is 0. The Morgan fingerprint density at radius 1 is 0.680 bits per heavy atom. The molecule has 4 rings (SSSR count). The maximum Gasteiger partial charge on any atom is 0.161 e. The van der Waals surface area contributed by atoms with E-state index in [0.717, 1.165) is 22.0 Å². The number of hydrogen-bond acceptors (Lipinski definition) is 3. The molecule has 0 aliphatic heterocycles. The molecule has 4 aromatic rings. The molecule has 0 amide bonds. The van der Waals surface area contributed by atoms with Crippen LogP contribution < -0.4 is 5.32 Å². The van der Waals surface area contributed by atoms with Crippen LogP contribution in [0.15, 0.2) is 72.8 Å². The lowest BCUT2D eigenvalue weighted by atomic mass is 10.0. The van der Waals surface area contributed by atoms with Crippen LogP contribution in [0.3, 0.4) is 0 Å². The van der Waals surface area contributed by atoms with Gasteiger partial charge in [0.1, 0.15) is 5.69 Å². The Morgan fingerprint density at radius 3 is 2.20 bits per heavy atom. The lowest BCUT2D eigenvalue weighted by molar-refractivity contribution is 1.06. The molecule has 0 atom stereocenters. The highest BCUT2D eigenvalue weighted by atomic mass is 35.5. The van der Waals surface area contributed by atoms with E-state index in [1.165, 1.54) is 0 Å². The zero-order valence-corrected chi connectivity index (χ0v) is 14.6. The first-order valence-corrected chi connectivity index (χ1v) is 8.51. The van der Waals surface area contributed by atoms with Crippen LogP contribution in [-0.4, -0.2) is 10.2 Å². The topological polar surface area (TPSA) is 37.8 Å². The van der Waals surface area contributed by atoms with E-state index in [1.54, 1.807) is 6.07 Å². The predicted octanol–water partition coefficient (Wildman–Crippen LogP) is 6.35. The molecule has 0 spiro atoms. The summed E-state index contributed by atoms with van der Waals surface area (Å²) < 4.78 is 0. The molecular weight excluding hydrogens is 353 g/mol. The number of anilines is 2. The molecule has 1 N–H and O–H groups in total. The molecule has 5 heteroatoms. The summed E-state index contributed by atoms with van der Waals surface area (Å²) in [6.45, 7) is 0. The minimum Gasteiger partial charge on any atom is -0.337 e. The number of hydrogen-bond donors (Lipinski definition) is 1. The minimum absolute atomic E-state index is 0.460. The molecule has 0 radical (unpaired) electrons. The van der Waals surface area contributed by atoms with Crippen molar-refractivity contribution in [1.82, 2.24) is 10.2 Å². The van der Waals surface area contributed by atoms with Gasteiger partial charge in [-0.25, -0.2) is 0 Å². The van der Waals surface area contributed by atoms with Gasteiger partial charge in [0.15, 0.2) is 5.82 Å². The van der Waals surface area contributed by atoms with E-state index in [1.807, 2.05) is 66.7 Å². The second-order valence-electron chi connectivity index (χ2n) is 5.54. The maximum atomic E-state index is 6.28. The zero-order valence-electron chi connectivity index (χ0n) is 13.1. The van der Waals surface area contributed by atoms with Gasteiger partial charge in [0.2, 0.25) is 0 Å². The van der Waals surface area contributed by atoms with Crippen LogP contribution in [0.1, 0.15) is 0 Å². The fraction of sp³-hybridized carbons (Fsp3) is 0. The predicted molar refractivity (Wildman–Crippen MR) is 105 cm³/mol. The Bertz CT molecular complexity index is 1050. The highest BCUT2D eigenvalue weighted by molar-refractivity contribution is 6.43. The second-order valence-corrected chi connectivity index (χ2v) is 6.32. The van der Waals surface area contributed by atoms with Gasteiger partial charge in [-0.3, -0.25) is 0 Å². The van der Waals surface area contributed by atoms with Gasteiger partial charge in [-0.1, -0.05) is 83.9 Å². The third kappa shape index (κ3) is 3.04. The third-order valence-corrected chi connectivity index (χ3v) is 4.76. The quantitative estimate of drug-likeness (QED) is 0.459. The molecule has 0 saturated heterocycles. The Labute approximate surface area is 155 Å². The number of halogens is 2. The number of nitrogens with zero attached hydrogens (tertiary/aromatic N) is 2. The summed E-state index contributed by atoms with van der Waals surface area (Å²) in [5.74, 6) is 0.638. The smallest absolute Gasteiger partial charge is 0.161 e. The molecule has 122 valence electrons. The van der Waals surface area contributed by atoms with Crippen LogP contribution in [0.2, 0.25) is 10.0 Å². The van der Waals surface area contributed by atoms with Crippen molar-refractivity contribution in [1.29, 1.82) is 0 Å². The van der Waals surface area contributed by atoms with Crippen molar-refractivity contribution < 1.29 is 0 Å². The van der Waals surface area contributed by atoms with Crippen molar-refractivity contribution in [3.63, 3.8) is 0 Å². The van der Waals surface area contributed by atoms with Crippen LogP contribution in [-0.2, 0) is 0 Å². The molecule has 3 aromatic carbocycles. The summed E-state index contributed by atoms with van der Waals surface area (Å²) in [5.41, 5.74) is 2.57. The van der Waals surface area contributed by atoms with Crippen molar-refractivity contribution in [2.45, 2.75) is 0 Å². The zero-order chi connectivity index (χ0) is 17.2. The Hall–Kier alpha value is -2.62.